The van der Waals surface area contributed by atoms with Crippen LogP contribution >= 0.6 is 0 Å². The number of hydrogen-bond donors (Lipinski definition) is 2. The van der Waals surface area contributed by atoms with E-state index in [1.807, 2.05) is 6.92 Å². The van der Waals surface area contributed by atoms with E-state index in [9.17, 15) is 8.78 Å². The van der Waals surface area contributed by atoms with Gasteiger partial charge in [-0.15, -0.1) is 0 Å². The van der Waals surface area contributed by atoms with Crippen molar-refractivity contribution in [3.8, 4) is 0 Å². The predicted molar refractivity (Wildman–Crippen MR) is 109 cm³/mol. The van der Waals surface area contributed by atoms with Crippen LogP contribution in [0, 0.1) is 11.6 Å². The number of benzene rings is 1. The van der Waals surface area contributed by atoms with Crippen molar-refractivity contribution < 1.29 is 13.5 Å². The quantitative estimate of drug-likeness (QED) is 0.378. The van der Waals surface area contributed by atoms with Crippen molar-refractivity contribution in [2.45, 2.75) is 19.4 Å². The lowest BCUT2D eigenvalue weighted by Gasteiger charge is -2.26. The largest absolute Gasteiger partial charge is 0.379 e. The van der Waals surface area contributed by atoms with Crippen LogP contribution in [0.4, 0.5) is 8.78 Å². The third-order valence-electron chi connectivity index (χ3n) is 4.77. The second kappa shape index (κ2) is 11.9. The van der Waals surface area contributed by atoms with Crippen LogP contribution < -0.4 is 10.6 Å². The van der Waals surface area contributed by atoms with E-state index in [0.29, 0.717) is 5.96 Å². The molecular formula is C20H33F2N5O. The normalized spacial score (nSPS) is 17.0. The van der Waals surface area contributed by atoms with Crippen LogP contribution in [0.25, 0.3) is 0 Å². The summed E-state index contributed by atoms with van der Waals surface area (Å²) in [5.74, 6) is -0.428. The van der Waals surface area contributed by atoms with E-state index in [1.165, 1.54) is 18.2 Å². The van der Waals surface area contributed by atoms with Gasteiger partial charge in [-0.2, -0.15) is 0 Å². The van der Waals surface area contributed by atoms with Crippen molar-refractivity contribution in [2.24, 2.45) is 4.99 Å². The van der Waals surface area contributed by atoms with Crippen molar-refractivity contribution in [1.29, 1.82) is 0 Å². The summed E-state index contributed by atoms with van der Waals surface area (Å²) in [6, 6.07) is 3.47. The van der Waals surface area contributed by atoms with Gasteiger partial charge in [0.25, 0.3) is 0 Å². The third-order valence-corrected chi connectivity index (χ3v) is 4.77. The molecular weight excluding hydrogens is 364 g/mol. The molecule has 158 valence electrons. The molecule has 28 heavy (non-hydrogen) atoms. The summed E-state index contributed by atoms with van der Waals surface area (Å²) in [5.41, 5.74) is 0.0550. The first-order valence-electron chi connectivity index (χ1n) is 9.95. The Morgan fingerprint density at radius 1 is 1.21 bits per heavy atom. The highest BCUT2D eigenvalue weighted by Gasteiger charge is 2.22. The molecule has 1 atom stereocenters. The van der Waals surface area contributed by atoms with Crippen LogP contribution in [-0.2, 0) is 4.74 Å². The van der Waals surface area contributed by atoms with E-state index in [1.54, 1.807) is 19.0 Å². The monoisotopic (exact) mass is 397 g/mol. The Bertz CT molecular complexity index is 600. The molecule has 1 aromatic carbocycles. The first-order chi connectivity index (χ1) is 13.5. The van der Waals surface area contributed by atoms with Crippen molar-refractivity contribution >= 4 is 5.96 Å². The van der Waals surface area contributed by atoms with Gasteiger partial charge in [0.1, 0.15) is 11.6 Å². The Labute approximate surface area is 166 Å². The Balaban J connectivity index is 1.93. The van der Waals surface area contributed by atoms with Gasteiger partial charge in [-0.3, -0.25) is 9.89 Å². The molecule has 1 saturated heterocycles. The number of likely N-dealkylation sites (N-methyl/N-ethyl adjacent to an activating group) is 1. The van der Waals surface area contributed by atoms with Gasteiger partial charge < -0.3 is 20.3 Å². The molecule has 2 N–H and O–H groups in total. The van der Waals surface area contributed by atoms with Crippen molar-refractivity contribution in [3.05, 3.63) is 35.4 Å². The van der Waals surface area contributed by atoms with Gasteiger partial charge >= 0.3 is 0 Å². The number of hydrogen-bond acceptors (Lipinski definition) is 4. The number of guanidine groups is 1. The number of halogens is 2. The van der Waals surface area contributed by atoms with Crippen LogP contribution in [0.3, 0.4) is 0 Å². The summed E-state index contributed by atoms with van der Waals surface area (Å²) in [5, 5.41) is 6.51. The second-order valence-electron chi connectivity index (χ2n) is 7.07. The van der Waals surface area contributed by atoms with E-state index < -0.39 is 17.7 Å². The van der Waals surface area contributed by atoms with E-state index >= 15 is 0 Å². The SMILES string of the molecule is CCNC(=NCC(c1c(F)cccc1F)N(C)C)NCCCN1CCOCC1. The Morgan fingerprint density at radius 2 is 1.89 bits per heavy atom. The number of nitrogens with one attached hydrogen (secondary N) is 2. The number of ether oxygens (including phenoxy) is 1. The summed E-state index contributed by atoms with van der Waals surface area (Å²) in [6.07, 6.45) is 0.990. The van der Waals surface area contributed by atoms with E-state index in [0.717, 1.165) is 52.4 Å². The molecule has 1 fully saturated rings. The molecule has 6 nitrogen and oxygen atoms in total. The molecule has 0 aromatic heterocycles. The fourth-order valence-corrected chi connectivity index (χ4v) is 3.20. The van der Waals surface area contributed by atoms with Crippen LogP contribution in [0.1, 0.15) is 24.9 Å². The number of morpholine rings is 1. The Hall–Kier alpha value is -1.77. The molecule has 1 aromatic rings. The van der Waals surface area contributed by atoms with E-state index in [4.69, 9.17) is 4.74 Å². The van der Waals surface area contributed by atoms with Crippen LogP contribution in [0.15, 0.2) is 23.2 Å². The predicted octanol–water partition coefficient (Wildman–Crippen LogP) is 1.84. The van der Waals surface area contributed by atoms with E-state index in [-0.39, 0.29) is 12.1 Å². The number of rotatable bonds is 9. The van der Waals surface area contributed by atoms with Gasteiger partial charge in [-0.05, 0) is 46.1 Å². The number of nitrogens with zero attached hydrogens (tertiary/aromatic N) is 3. The zero-order valence-electron chi connectivity index (χ0n) is 17.2. The molecule has 0 spiro atoms. The zero-order chi connectivity index (χ0) is 20.4. The average molecular weight is 398 g/mol. The lowest BCUT2D eigenvalue weighted by molar-refractivity contribution is 0.0376. The van der Waals surface area contributed by atoms with Gasteiger partial charge in [0, 0.05) is 31.7 Å². The van der Waals surface area contributed by atoms with Gasteiger partial charge in [-0.25, -0.2) is 8.78 Å². The maximum Gasteiger partial charge on any atom is 0.191 e. The van der Waals surface area contributed by atoms with Crippen LogP contribution in [0.5, 0.6) is 0 Å². The van der Waals surface area contributed by atoms with Gasteiger partial charge in [0.15, 0.2) is 5.96 Å². The minimum atomic E-state index is -0.544. The topological polar surface area (TPSA) is 52.1 Å². The maximum absolute atomic E-state index is 14.2. The molecule has 0 radical (unpaired) electrons. The lowest BCUT2D eigenvalue weighted by atomic mass is 10.0. The first kappa shape index (κ1) is 22.5. The van der Waals surface area contributed by atoms with Crippen molar-refractivity contribution in [2.75, 3.05) is 66.6 Å². The molecule has 1 unspecified atom stereocenters. The highest BCUT2D eigenvalue weighted by atomic mass is 19.1. The summed E-state index contributed by atoms with van der Waals surface area (Å²) in [7, 11) is 3.60. The molecule has 2 rings (SSSR count). The summed E-state index contributed by atoms with van der Waals surface area (Å²) in [4.78, 5) is 8.74. The fraction of sp³-hybridized carbons (Fsp3) is 0.650. The Kier molecular flexibility index (Phi) is 9.60. The molecule has 0 aliphatic carbocycles. The van der Waals surface area contributed by atoms with Crippen molar-refractivity contribution in [1.82, 2.24) is 20.4 Å². The maximum atomic E-state index is 14.2. The molecule has 0 bridgehead atoms. The first-order valence-corrected chi connectivity index (χ1v) is 9.95. The van der Waals surface area contributed by atoms with Crippen LogP contribution in [0.2, 0.25) is 0 Å². The highest BCUT2D eigenvalue weighted by molar-refractivity contribution is 5.79. The second-order valence-corrected chi connectivity index (χ2v) is 7.07. The highest BCUT2D eigenvalue weighted by Crippen LogP contribution is 2.24. The molecule has 1 heterocycles. The summed E-state index contributed by atoms with van der Waals surface area (Å²) < 4.78 is 33.8. The smallest absolute Gasteiger partial charge is 0.191 e. The summed E-state index contributed by atoms with van der Waals surface area (Å²) in [6.45, 7) is 8.32. The van der Waals surface area contributed by atoms with Crippen molar-refractivity contribution in [3.63, 3.8) is 0 Å². The fourth-order valence-electron chi connectivity index (χ4n) is 3.20. The standard InChI is InChI=1S/C20H33F2N5O/c1-4-23-20(24-9-6-10-27-11-13-28-14-12-27)25-15-18(26(2)3)19-16(21)7-5-8-17(19)22/h5,7-8,18H,4,6,9-15H2,1-3H3,(H2,23,24,25). The molecule has 0 saturated carbocycles. The third kappa shape index (κ3) is 7.00. The number of aliphatic imine (C=N–C) groups is 1. The molecule has 1 aliphatic heterocycles. The lowest BCUT2D eigenvalue weighted by Crippen LogP contribution is -2.41. The molecule has 1 aliphatic rings. The van der Waals surface area contributed by atoms with Gasteiger partial charge in [0.05, 0.1) is 25.8 Å². The van der Waals surface area contributed by atoms with Gasteiger partial charge in [-0.1, -0.05) is 6.07 Å². The Morgan fingerprint density at radius 3 is 2.50 bits per heavy atom. The zero-order valence-corrected chi connectivity index (χ0v) is 17.2. The average Bonchev–Trinajstić information content (AvgIpc) is 2.67. The minimum absolute atomic E-state index is 0.0550. The summed E-state index contributed by atoms with van der Waals surface area (Å²) >= 11 is 0. The minimum Gasteiger partial charge on any atom is -0.379 e. The molecule has 8 heteroatoms. The van der Waals surface area contributed by atoms with Crippen LogP contribution in [-0.4, -0.2) is 82.3 Å². The van der Waals surface area contributed by atoms with E-state index in [2.05, 4.69) is 20.5 Å². The van der Waals surface area contributed by atoms with Gasteiger partial charge in [0.2, 0.25) is 0 Å². The molecule has 0 amide bonds.